The Balaban J connectivity index is 3.28. The molecular formula is C8H7BrClNO2. The van der Waals surface area contributed by atoms with Gasteiger partial charge in [0.1, 0.15) is 5.15 Å². The van der Waals surface area contributed by atoms with Crippen molar-refractivity contribution in [1.29, 1.82) is 0 Å². The number of aromatic nitrogens is 1. The summed E-state index contributed by atoms with van der Waals surface area (Å²) in [7, 11) is 1.30. The van der Waals surface area contributed by atoms with Gasteiger partial charge in [0.25, 0.3) is 0 Å². The van der Waals surface area contributed by atoms with E-state index >= 15 is 0 Å². The first-order valence-electron chi connectivity index (χ1n) is 3.47. The van der Waals surface area contributed by atoms with E-state index in [-0.39, 0.29) is 10.8 Å². The molecule has 0 radical (unpaired) electrons. The molecule has 0 aliphatic rings. The second-order valence-corrected chi connectivity index (χ2v) is 3.63. The van der Waals surface area contributed by atoms with Crippen LogP contribution in [0.25, 0.3) is 0 Å². The smallest absolute Gasteiger partial charge is 0.357 e. The van der Waals surface area contributed by atoms with Gasteiger partial charge in [-0.15, -0.1) is 0 Å². The van der Waals surface area contributed by atoms with E-state index in [9.17, 15) is 4.79 Å². The van der Waals surface area contributed by atoms with Gasteiger partial charge in [0.05, 0.1) is 7.11 Å². The summed E-state index contributed by atoms with van der Waals surface area (Å²) in [5, 5.41) is 0.262. The summed E-state index contributed by atoms with van der Waals surface area (Å²) in [4.78, 5) is 15.0. The SMILES string of the molecule is COC(=O)c1nc(Cl)cc(Br)c1C. The zero-order valence-corrected chi connectivity index (χ0v) is 9.44. The van der Waals surface area contributed by atoms with Crippen molar-refractivity contribution >= 4 is 33.5 Å². The zero-order chi connectivity index (χ0) is 10.0. The molecule has 0 saturated heterocycles. The van der Waals surface area contributed by atoms with Gasteiger partial charge < -0.3 is 4.74 Å². The number of ether oxygens (including phenoxy) is 1. The molecule has 0 bridgehead atoms. The summed E-state index contributed by atoms with van der Waals surface area (Å²) < 4.78 is 5.29. The fourth-order valence-corrected chi connectivity index (χ4v) is 1.57. The van der Waals surface area contributed by atoms with E-state index in [1.165, 1.54) is 7.11 Å². The molecule has 0 spiro atoms. The first kappa shape index (κ1) is 10.5. The zero-order valence-electron chi connectivity index (χ0n) is 7.10. The molecule has 1 aromatic heterocycles. The Hall–Kier alpha value is -0.610. The molecule has 0 aliphatic carbocycles. The van der Waals surface area contributed by atoms with Crippen molar-refractivity contribution in [1.82, 2.24) is 4.98 Å². The predicted molar refractivity (Wildman–Crippen MR) is 53.0 cm³/mol. The highest BCUT2D eigenvalue weighted by Crippen LogP contribution is 2.22. The second kappa shape index (κ2) is 4.07. The topological polar surface area (TPSA) is 39.2 Å². The van der Waals surface area contributed by atoms with Crippen LogP contribution in [0.15, 0.2) is 10.5 Å². The van der Waals surface area contributed by atoms with Crippen LogP contribution in [0.3, 0.4) is 0 Å². The lowest BCUT2D eigenvalue weighted by Crippen LogP contribution is -2.07. The number of carbonyl (C=O) groups is 1. The van der Waals surface area contributed by atoms with Gasteiger partial charge in [-0.3, -0.25) is 0 Å². The fraction of sp³-hybridized carbons (Fsp3) is 0.250. The number of nitrogens with zero attached hydrogens (tertiary/aromatic N) is 1. The molecule has 3 nitrogen and oxygen atoms in total. The van der Waals surface area contributed by atoms with Gasteiger partial charge in [0.2, 0.25) is 0 Å². The van der Waals surface area contributed by atoms with Gasteiger partial charge in [-0.2, -0.15) is 0 Å². The number of pyridine rings is 1. The van der Waals surface area contributed by atoms with E-state index in [1.54, 1.807) is 13.0 Å². The van der Waals surface area contributed by atoms with E-state index in [4.69, 9.17) is 11.6 Å². The molecule has 0 saturated carbocycles. The minimum atomic E-state index is -0.485. The van der Waals surface area contributed by atoms with Crippen LogP contribution in [0.5, 0.6) is 0 Å². The van der Waals surface area contributed by atoms with Gasteiger partial charge in [-0.1, -0.05) is 27.5 Å². The molecule has 0 amide bonds. The largest absolute Gasteiger partial charge is 0.464 e. The van der Waals surface area contributed by atoms with Crippen molar-refractivity contribution in [3.05, 3.63) is 26.9 Å². The molecule has 0 atom stereocenters. The monoisotopic (exact) mass is 263 g/mol. The van der Waals surface area contributed by atoms with Crippen LogP contribution >= 0.6 is 27.5 Å². The number of carbonyl (C=O) groups excluding carboxylic acids is 1. The van der Waals surface area contributed by atoms with Crippen LogP contribution in [0.1, 0.15) is 16.1 Å². The average Bonchev–Trinajstić information content (AvgIpc) is 2.10. The summed E-state index contributed by atoms with van der Waals surface area (Å²) >= 11 is 8.94. The van der Waals surface area contributed by atoms with Crippen molar-refractivity contribution in [3.8, 4) is 0 Å². The second-order valence-electron chi connectivity index (χ2n) is 2.39. The van der Waals surface area contributed by atoms with Crippen LogP contribution in [0, 0.1) is 6.92 Å². The maximum atomic E-state index is 11.2. The first-order valence-corrected chi connectivity index (χ1v) is 4.64. The highest BCUT2D eigenvalue weighted by atomic mass is 79.9. The third-order valence-electron chi connectivity index (χ3n) is 1.56. The Morgan fingerprint density at radius 1 is 1.69 bits per heavy atom. The van der Waals surface area contributed by atoms with Gasteiger partial charge >= 0.3 is 5.97 Å². The molecular weight excluding hydrogens is 257 g/mol. The van der Waals surface area contributed by atoms with Crippen molar-refractivity contribution in [2.24, 2.45) is 0 Å². The van der Waals surface area contributed by atoms with E-state index in [0.29, 0.717) is 0 Å². The first-order chi connectivity index (χ1) is 6.06. The summed E-state index contributed by atoms with van der Waals surface area (Å²) in [6.45, 7) is 1.76. The Bertz CT molecular complexity index is 354. The van der Waals surface area contributed by atoms with Gasteiger partial charge in [0, 0.05) is 4.47 Å². The standard InChI is InChI=1S/C8H7BrClNO2/c1-4-5(9)3-6(10)11-7(4)8(12)13-2/h3H,1-2H3. The molecule has 0 unspecified atom stereocenters. The van der Waals surface area contributed by atoms with Gasteiger partial charge in [-0.05, 0) is 18.6 Å². The highest BCUT2D eigenvalue weighted by Gasteiger charge is 2.14. The molecule has 1 rings (SSSR count). The number of esters is 1. The van der Waals surface area contributed by atoms with Crippen molar-refractivity contribution < 1.29 is 9.53 Å². The maximum Gasteiger partial charge on any atom is 0.357 e. The maximum absolute atomic E-state index is 11.2. The molecule has 5 heteroatoms. The van der Waals surface area contributed by atoms with Gasteiger partial charge in [-0.25, -0.2) is 9.78 Å². The summed E-state index contributed by atoms with van der Waals surface area (Å²) in [6, 6.07) is 1.63. The number of hydrogen-bond donors (Lipinski definition) is 0. The van der Waals surface area contributed by atoms with Crippen molar-refractivity contribution in [2.45, 2.75) is 6.92 Å². The quantitative estimate of drug-likeness (QED) is 0.578. The van der Waals surface area contributed by atoms with Crippen molar-refractivity contribution in [3.63, 3.8) is 0 Å². The fourth-order valence-electron chi connectivity index (χ4n) is 0.844. The minimum absolute atomic E-state index is 0.238. The number of rotatable bonds is 1. The van der Waals surface area contributed by atoms with Crippen LogP contribution < -0.4 is 0 Å². The summed E-state index contributed by atoms with van der Waals surface area (Å²) in [6.07, 6.45) is 0. The molecule has 13 heavy (non-hydrogen) atoms. The third-order valence-corrected chi connectivity index (χ3v) is 2.57. The average molecular weight is 265 g/mol. The van der Waals surface area contributed by atoms with E-state index in [1.807, 2.05) is 0 Å². The van der Waals surface area contributed by atoms with Gasteiger partial charge in [0.15, 0.2) is 5.69 Å². The Labute approximate surface area is 89.2 Å². The minimum Gasteiger partial charge on any atom is -0.464 e. The molecule has 0 aromatic carbocycles. The lowest BCUT2D eigenvalue weighted by molar-refractivity contribution is 0.0593. The number of hydrogen-bond acceptors (Lipinski definition) is 3. The lowest BCUT2D eigenvalue weighted by atomic mass is 10.2. The van der Waals surface area contributed by atoms with E-state index < -0.39 is 5.97 Å². The molecule has 0 aliphatic heterocycles. The molecule has 0 fully saturated rings. The highest BCUT2D eigenvalue weighted by molar-refractivity contribution is 9.10. The third kappa shape index (κ3) is 2.19. The van der Waals surface area contributed by atoms with E-state index in [2.05, 4.69) is 25.7 Å². The predicted octanol–water partition coefficient (Wildman–Crippen LogP) is 2.59. The number of methoxy groups -OCH3 is 1. The summed E-state index contributed by atoms with van der Waals surface area (Å²) in [5.41, 5.74) is 0.957. The Morgan fingerprint density at radius 3 is 2.85 bits per heavy atom. The van der Waals surface area contributed by atoms with Crippen molar-refractivity contribution in [2.75, 3.05) is 7.11 Å². The molecule has 1 aromatic rings. The molecule has 0 N–H and O–H groups in total. The summed E-state index contributed by atoms with van der Waals surface area (Å²) in [5.74, 6) is -0.485. The number of halogens is 2. The van der Waals surface area contributed by atoms with Crippen LogP contribution in [-0.4, -0.2) is 18.1 Å². The Morgan fingerprint density at radius 2 is 2.31 bits per heavy atom. The normalized spacial score (nSPS) is 9.85. The van der Waals surface area contributed by atoms with E-state index in [0.717, 1.165) is 10.0 Å². The molecule has 70 valence electrons. The van der Waals surface area contributed by atoms with Crippen LogP contribution in [-0.2, 0) is 4.74 Å². The van der Waals surface area contributed by atoms with Crippen LogP contribution in [0.4, 0.5) is 0 Å². The van der Waals surface area contributed by atoms with Crippen LogP contribution in [0.2, 0.25) is 5.15 Å². The molecule has 1 heterocycles. The lowest BCUT2D eigenvalue weighted by Gasteiger charge is -2.04. The Kier molecular flexibility index (Phi) is 3.27.